The Morgan fingerprint density at radius 3 is 2.42 bits per heavy atom. The van der Waals surface area contributed by atoms with Gasteiger partial charge in [0.1, 0.15) is 12.5 Å². The lowest BCUT2D eigenvalue weighted by Crippen LogP contribution is -2.44. The summed E-state index contributed by atoms with van der Waals surface area (Å²) < 4.78 is 37.0. The maximum Gasteiger partial charge on any atom is 0.245 e. The maximum absolute atomic E-state index is 12.5. The van der Waals surface area contributed by atoms with Crippen LogP contribution in [-0.2, 0) is 14.8 Å². The normalized spacial score (nSPS) is 19.5. The lowest BCUT2D eigenvalue weighted by Gasteiger charge is -2.28. The van der Waals surface area contributed by atoms with Crippen LogP contribution in [0.1, 0.15) is 20.8 Å². The fourth-order valence-electron chi connectivity index (χ4n) is 2.02. The summed E-state index contributed by atoms with van der Waals surface area (Å²) in [4.78, 5) is 0.259. The van der Waals surface area contributed by atoms with Crippen LogP contribution in [0.5, 0.6) is 5.75 Å². The van der Waals surface area contributed by atoms with E-state index in [-0.39, 0.29) is 11.6 Å². The van der Waals surface area contributed by atoms with Gasteiger partial charge in [-0.05, 0) is 45.0 Å². The smallest absolute Gasteiger partial charge is 0.245 e. The summed E-state index contributed by atoms with van der Waals surface area (Å²) in [6, 6.07) is 6.46. The summed E-state index contributed by atoms with van der Waals surface area (Å²) in [5.74, 6) is 0.665. The minimum absolute atomic E-state index is 0.0997. The Morgan fingerprint density at radius 2 is 1.95 bits per heavy atom. The zero-order chi connectivity index (χ0) is 14.1. The lowest BCUT2D eigenvalue weighted by atomic mass is 10.1. The molecule has 1 aromatic rings. The van der Waals surface area contributed by atoms with Crippen molar-refractivity contribution in [3.05, 3.63) is 24.3 Å². The van der Waals surface area contributed by atoms with Gasteiger partial charge >= 0.3 is 0 Å². The number of benzene rings is 1. The molecular formula is C13H19NO4S. The van der Waals surface area contributed by atoms with Gasteiger partial charge in [-0.2, -0.15) is 4.31 Å². The van der Waals surface area contributed by atoms with Crippen molar-refractivity contribution in [2.75, 3.05) is 19.9 Å². The molecule has 0 spiro atoms. The van der Waals surface area contributed by atoms with E-state index in [4.69, 9.17) is 9.47 Å². The molecule has 0 saturated carbocycles. The molecule has 0 unspecified atom stereocenters. The summed E-state index contributed by atoms with van der Waals surface area (Å²) in [7, 11) is -3.53. The summed E-state index contributed by atoms with van der Waals surface area (Å²) >= 11 is 0. The molecule has 0 aliphatic carbocycles. The van der Waals surface area contributed by atoms with Crippen molar-refractivity contribution in [3.8, 4) is 5.75 Å². The first-order chi connectivity index (χ1) is 8.88. The lowest BCUT2D eigenvalue weighted by molar-refractivity contribution is 0.171. The minimum Gasteiger partial charge on any atom is -0.494 e. The van der Waals surface area contributed by atoms with Crippen LogP contribution in [0, 0.1) is 0 Å². The molecule has 0 aromatic heterocycles. The molecule has 1 heterocycles. The zero-order valence-electron chi connectivity index (χ0n) is 11.4. The molecule has 1 aromatic carbocycles. The summed E-state index contributed by atoms with van der Waals surface area (Å²) in [6.07, 6.45) is 0. The molecule has 0 bridgehead atoms. The topological polar surface area (TPSA) is 55.8 Å². The van der Waals surface area contributed by atoms with Gasteiger partial charge in [0.2, 0.25) is 10.0 Å². The van der Waals surface area contributed by atoms with Crippen LogP contribution in [0.15, 0.2) is 29.2 Å². The van der Waals surface area contributed by atoms with E-state index in [0.717, 1.165) is 0 Å². The van der Waals surface area contributed by atoms with Gasteiger partial charge < -0.3 is 9.47 Å². The highest BCUT2D eigenvalue weighted by molar-refractivity contribution is 7.89. The highest BCUT2D eigenvalue weighted by atomic mass is 32.2. The Bertz CT molecular complexity index is 536. The van der Waals surface area contributed by atoms with Crippen molar-refractivity contribution in [1.82, 2.24) is 4.31 Å². The number of rotatable bonds is 4. The van der Waals surface area contributed by atoms with E-state index in [9.17, 15) is 8.42 Å². The van der Waals surface area contributed by atoms with E-state index in [1.54, 1.807) is 24.3 Å². The molecule has 5 nitrogen and oxygen atoms in total. The number of hydrogen-bond donors (Lipinski definition) is 0. The van der Waals surface area contributed by atoms with Gasteiger partial charge in [0.25, 0.3) is 0 Å². The Kier molecular flexibility index (Phi) is 3.85. The zero-order valence-corrected chi connectivity index (χ0v) is 12.2. The Hall–Kier alpha value is -1.11. The molecule has 1 saturated heterocycles. The van der Waals surface area contributed by atoms with Crippen LogP contribution in [0.25, 0.3) is 0 Å². The molecule has 0 radical (unpaired) electrons. The van der Waals surface area contributed by atoms with Crippen LogP contribution in [0.2, 0.25) is 0 Å². The molecular weight excluding hydrogens is 266 g/mol. The molecule has 0 atom stereocenters. The van der Waals surface area contributed by atoms with Gasteiger partial charge in [-0.15, -0.1) is 0 Å². The summed E-state index contributed by atoms with van der Waals surface area (Å²) in [5.41, 5.74) is -0.516. The first-order valence-corrected chi connectivity index (χ1v) is 7.65. The van der Waals surface area contributed by atoms with Gasteiger partial charge in [0.05, 0.1) is 23.6 Å². The van der Waals surface area contributed by atoms with Crippen LogP contribution in [0.3, 0.4) is 0 Å². The van der Waals surface area contributed by atoms with Crippen molar-refractivity contribution in [3.63, 3.8) is 0 Å². The Labute approximate surface area is 114 Å². The van der Waals surface area contributed by atoms with Gasteiger partial charge in [-0.1, -0.05) is 0 Å². The van der Waals surface area contributed by atoms with Crippen LogP contribution in [-0.4, -0.2) is 38.2 Å². The predicted octanol–water partition coefficient (Wildman–Crippen LogP) is 1.84. The quantitative estimate of drug-likeness (QED) is 0.847. The van der Waals surface area contributed by atoms with Crippen LogP contribution in [0.4, 0.5) is 0 Å². The van der Waals surface area contributed by atoms with Crippen LogP contribution < -0.4 is 4.74 Å². The van der Waals surface area contributed by atoms with Crippen molar-refractivity contribution < 1.29 is 17.9 Å². The molecule has 19 heavy (non-hydrogen) atoms. The second kappa shape index (κ2) is 5.11. The summed E-state index contributed by atoms with van der Waals surface area (Å²) in [6.45, 7) is 6.65. The van der Waals surface area contributed by atoms with E-state index in [2.05, 4.69) is 0 Å². The summed E-state index contributed by atoms with van der Waals surface area (Å²) in [5, 5.41) is 0. The highest BCUT2D eigenvalue weighted by Gasteiger charge is 2.41. The van der Waals surface area contributed by atoms with E-state index >= 15 is 0 Å². The van der Waals surface area contributed by atoms with Crippen molar-refractivity contribution >= 4 is 10.0 Å². The average Bonchev–Trinajstić information content (AvgIpc) is 2.71. The minimum atomic E-state index is -3.53. The molecule has 1 aliphatic rings. The molecule has 1 fully saturated rings. The standard InChI is InChI=1S/C13H19NO4S/c1-4-18-11-5-7-12(8-6-11)19(15,16)14-10-17-9-13(14,2)3/h5-8H,4,9-10H2,1-3H3. The van der Waals surface area contributed by atoms with Gasteiger partial charge in [0, 0.05) is 0 Å². The number of hydrogen-bond acceptors (Lipinski definition) is 4. The van der Waals surface area contributed by atoms with E-state index < -0.39 is 15.6 Å². The van der Waals surface area contributed by atoms with Crippen molar-refractivity contribution in [2.45, 2.75) is 31.2 Å². The monoisotopic (exact) mass is 285 g/mol. The van der Waals surface area contributed by atoms with Gasteiger partial charge in [0.15, 0.2) is 0 Å². The average molecular weight is 285 g/mol. The van der Waals surface area contributed by atoms with Gasteiger partial charge in [-0.3, -0.25) is 0 Å². The predicted molar refractivity (Wildman–Crippen MR) is 71.5 cm³/mol. The Morgan fingerprint density at radius 1 is 1.32 bits per heavy atom. The first-order valence-electron chi connectivity index (χ1n) is 6.21. The third kappa shape index (κ3) is 2.75. The van der Waals surface area contributed by atoms with E-state index in [0.29, 0.717) is 19.0 Å². The van der Waals surface area contributed by atoms with E-state index in [1.165, 1.54) is 4.31 Å². The second-order valence-corrected chi connectivity index (χ2v) is 6.91. The largest absolute Gasteiger partial charge is 0.494 e. The maximum atomic E-state index is 12.5. The number of nitrogens with zero attached hydrogens (tertiary/aromatic N) is 1. The second-order valence-electron chi connectivity index (χ2n) is 5.05. The fourth-order valence-corrected chi connectivity index (χ4v) is 3.67. The molecule has 106 valence electrons. The SMILES string of the molecule is CCOc1ccc(S(=O)(=O)N2COCC2(C)C)cc1. The van der Waals surface area contributed by atoms with Crippen molar-refractivity contribution in [2.24, 2.45) is 0 Å². The molecule has 6 heteroatoms. The van der Waals surface area contributed by atoms with E-state index in [1.807, 2.05) is 20.8 Å². The first kappa shape index (κ1) is 14.3. The van der Waals surface area contributed by atoms with Crippen molar-refractivity contribution in [1.29, 1.82) is 0 Å². The van der Waals surface area contributed by atoms with Crippen LogP contribution >= 0.6 is 0 Å². The molecule has 0 amide bonds. The number of ether oxygens (including phenoxy) is 2. The molecule has 0 N–H and O–H groups in total. The fraction of sp³-hybridized carbons (Fsp3) is 0.538. The third-order valence-electron chi connectivity index (χ3n) is 3.06. The Balaban J connectivity index is 2.29. The van der Waals surface area contributed by atoms with Gasteiger partial charge in [-0.25, -0.2) is 8.42 Å². The number of sulfonamides is 1. The highest BCUT2D eigenvalue weighted by Crippen LogP contribution is 2.29. The third-order valence-corrected chi connectivity index (χ3v) is 5.11. The molecule has 2 rings (SSSR count). The molecule has 1 aliphatic heterocycles.